The molecule has 1 aliphatic heterocycles. The monoisotopic (exact) mass is 299 g/mol. The van der Waals surface area contributed by atoms with Crippen LogP contribution in [0.5, 0.6) is 5.75 Å². The largest absolute Gasteiger partial charge is 0.490 e. The molecule has 114 valence electrons. The Labute approximate surface area is 127 Å². The lowest BCUT2D eigenvalue weighted by atomic mass is 9.93. The van der Waals surface area contributed by atoms with Crippen LogP contribution in [0, 0.1) is 0 Å². The highest BCUT2D eigenvalue weighted by atomic mass is 16.5. The number of nitrogens with two attached hydrogens (primary N) is 2. The predicted octanol–water partition coefficient (Wildman–Crippen LogP) is 1.42. The van der Waals surface area contributed by atoms with Gasteiger partial charge in [0.1, 0.15) is 5.75 Å². The Bertz CT molecular complexity index is 786. The molecule has 0 saturated carbocycles. The van der Waals surface area contributed by atoms with Crippen LogP contribution >= 0.6 is 0 Å². The van der Waals surface area contributed by atoms with E-state index < -0.39 is 11.8 Å². The molecule has 2 aromatic carbocycles. The zero-order valence-corrected chi connectivity index (χ0v) is 12.2. The Morgan fingerprint density at radius 3 is 2.77 bits per heavy atom. The lowest BCUT2D eigenvalue weighted by Crippen LogP contribution is -2.35. The highest BCUT2D eigenvalue weighted by Gasteiger charge is 2.29. The van der Waals surface area contributed by atoms with Crippen molar-refractivity contribution in [2.75, 3.05) is 12.3 Å². The van der Waals surface area contributed by atoms with Gasteiger partial charge in [-0.05, 0) is 26.0 Å². The molecule has 0 aliphatic carbocycles. The average molecular weight is 299 g/mol. The standard InChI is InChI=1S/C16H17N3O3/c1-8(5-6-17)22-12-7-11(18)9-3-2-4-10-13(9)14(12)16(21)19-15(10)20/h2-4,7-8H,5-6,17-18H2,1H3,(H,19,20,21). The summed E-state index contributed by atoms with van der Waals surface area (Å²) in [7, 11) is 0. The third-order valence-corrected chi connectivity index (χ3v) is 3.76. The van der Waals surface area contributed by atoms with Crippen molar-refractivity contribution in [2.24, 2.45) is 5.73 Å². The van der Waals surface area contributed by atoms with Crippen LogP contribution in [-0.4, -0.2) is 24.5 Å². The van der Waals surface area contributed by atoms with Gasteiger partial charge in [-0.15, -0.1) is 0 Å². The van der Waals surface area contributed by atoms with Crippen molar-refractivity contribution in [1.82, 2.24) is 5.32 Å². The second-order valence-corrected chi connectivity index (χ2v) is 5.36. The Morgan fingerprint density at radius 1 is 1.27 bits per heavy atom. The summed E-state index contributed by atoms with van der Waals surface area (Å²) in [5, 5.41) is 3.56. The van der Waals surface area contributed by atoms with E-state index in [9.17, 15) is 9.59 Å². The van der Waals surface area contributed by atoms with E-state index in [0.717, 1.165) is 0 Å². The highest BCUT2D eigenvalue weighted by Crippen LogP contribution is 2.37. The summed E-state index contributed by atoms with van der Waals surface area (Å²) in [6.45, 7) is 2.35. The number of ether oxygens (including phenoxy) is 1. The van der Waals surface area contributed by atoms with E-state index in [1.54, 1.807) is 24.3 Å². The van der Waals surface area contributed by atoms with Crippen LogP contribution in [-0.2, 0) is 0 Å². The van der Waals surface area contributed by atoms with Crippen LogP contribution in [0.2, 0.25) is 0 Å². The molecule has 0 radical (unpaired) electrons. The summed E-state index contributed by atoms with van der Waals surface area (Å²) in [6.07, 6.45) is 0.496. The number of carbonyl (C=O) groups excluding carboxylic acids is 2. The number of amides is 2. The zero-order valence-electron chi connectivity index (χ0n) is 12.2. The molecule has 1 atom stereocenters. The number of nitrogens with one attached hydrogen (secondary N) is 1. The Hall–Kier alpha value is -2.60. The normalized spacial score (nSPS) is 14.8. The first-order chi connectivity index (χ1) is 10.5. The van der Waals surface area contributed by atoms with E-state index in [1.165, 1.54) is 0 Å². The summed E-state index contributed by atoms with van der Waals surface area (Å²) in [5.41, 5.74) is 12.8. The molecule has 3 rings (SSSR count). The Morgan fingerprint density at radius 2 is 2.05 bits per heavy atom. The van der Waals surface area contributed by atoms with E-state index in [2.05, 4.69) is 5.32 Å². The summed E-state index contributed by atoms with van der Waals surface area (Å²) in [4.78, 5) is 24.3. The highest BCUT2D eigenvalue weighted by molar-refractivity contribution is 6.28. The molecule has 1 aliphatic rings. The van der Waals surface area contributed by atoms with Gasteiger partial charge < -0.3 is 16.2 Å². The van der Waals surface area contributed by atoms with Crippen LogP contribution in [0.15, 0.2) is 24.3 Å². The van der Waals surface area contributed by atoms with Crippen molar-refractivity contribution in [1.29, 1.82) is 0 Å². The average Bonchev–Trinajstić information content (AvgIpc) is 2.46. The maximum Gasteiger partial charge on any atom is 0.262 e. The Balaban J connectivity index is 2.25. The van der Waals surface area contributed by atoms with Crippen molar-refractivity contribution in [3.8, 4) is 5.75 Å². The maximum absolute atomic E-state index is 12.3. The van der Waals surface area contributed by atoms with Crippen molar-refractivity contribution < 1.29 is 14.3 Å². The number of imide groups is 1. The first-order valence-electron chi connectivity index (χ1n) is 7.10. The molecule has 0 saturated heterocycles. The van der Waals surface area contributed by atoms with Gasteiger partial charge in [0.15, 0.2) is 0 Å². The van der Waals surface area contributed by atoms with Gasteiger partial charge in [-0.25, -0.2) is 0 Å². The van der Waals surface area contributed by atoms with Crippen LogP contribution in [0.3, 0.4) is 0 Å². The molecule has 6 nitrogen and oxygen atoms in total. The molecular weight excluding hydrogens is 282 g/mol. The quantitative estimate of drug-likeness (QED) is 0.584. The second kappa shape index (κ2) is 5.31. The number of benzene rings is 2. The van der Waals surface area contributed by atoms with Gasteiger partial charge in [0.2, 0.25) is 0 Å². The lowest BCUT2D eigenvalue weighted by Gasteiger charge is -2.23. The molecule has 0 fully saturated rings. The van der Waals surface area contributed by atoms with Crippen molar-refractivity contribution in [3.63, 3.8) is 0 Å². The first kappa shape index (κ1) is 14.3. The minimum absolute atomic E-state index is 0.157. The number of anilines is 1. The molecule has 5 N–H and O–H groups in total. The van der Waals surface area contributed by atoms with Crippen molar-refractivity contribution in [3.05, 3.63) is 35.4 Å². The molecule has 1 heterocycles. The van der Waals surface area contributed by atoms with E-state index in [1.807, 2.05) is 6.92 Å². The summed E-state index contributed by atoms with van der Waals surface area (Å²) in [5.74, 6) is -0.512. The molecule has 2 aromatic rings. The van der Waals surface area contributed by atoms with Gasteiger partial charge in [-0.3, -0.25) is 14.9 Å². The van der Waals surface area contributed by atoms with Crippen LogP contribution in [0.1, 0.15) is 34.1 Å². The van der Waals surface area contributed by atoms with Crippen LogP contribution in [0.25, 0.3) is 10.8 Å². The number of hydrogen-bond acceptors (Lipinski definition) is 5. The molecule has 0 spiro atoms. The van der Waals surface area contributed by atoms with Crippen molar-refractivity contribution >= 4 is 28.3 Å². The molecular formula is C16H17N3O3. The zero-order chi connectivity index (χ0) is 15.9. The number of rotatable bonds is 4. The molecule has 1 unspecified atom stereocenters. The summed E-state index contributed by atoms with van der Waals surface area (Å²) >= 11 is 0. The number of carbonyl (C=O) groups is 2. The van der Waals surface area contributed by atoms with Gasteiger partial charge >= 0.3 is 0 Å². The van der Waals surface area contributed by atoms with E-state index in [0.29, 0.717) is 46.3 Å². The lowest BCUT2D eigenvalue weighted by molar-refractivity contribution is 0.0841. The van der Waals surface area contributed by atoms with E-state index >= 15 is 0 Å². The molecule has 22 heavy (non-hydrogen) atoms. The van der Waals surface area contributed by atoms with Gasteiger partial charge in [0, 0.05) is 28.1 Å². The number of nitrogen functional groups attached to an aromatic ring is 1. The fraction of sp³-hybridized carbons (Fsp3) is 0.250. The SMILES string of the molecule is CC(CCN)Oc1cc(N)c2cccc3c2c1C(=O)NC3=O. The maximum atomic E-state index is 12.3. The van der Waals surface area contributed by atoms with Gasteiger partial charge in [0.05, 0.1) is 11.7 Å². The topological polar surface area (TPSA) is 107 Å². The Kier molecular flexibility index (Phi) is 3.46. The van der Waals surface area contributed by atoms with Gasteiger partial charge in [-0.1, -0.05) is 12.1 Å². The van der Waals surface area contributed by atoms with Crippen LogP contribution in [0.4, 0.5) is 5.69 Å². The summed E-state index contributed by atoms with van der Waals surface area (Å²) < 4.78 is 5.83. The van der Waals surface area contributed by atoms with Gasteiger partial charge in [-0.2, -0.15) is 0 Å². The van der Waals surface area contributed by atoms with Crippen molar-refractivity contribution in [2.45, 2.75) is 19.4 Å². The fourth-order valence-electron chi connectivity index (χ4n) is 2.73. The molecule has 6 heteroatoms. The third-order valence-electron chi connectivity index (χ3n) is 3.76. The first-order valence-corrected chi connectivity index (χ1v) is 7.10. The summed E-state index contributed by atoms with van der Waals surface area (Å²) in [6, 6.07) is 6.82. The molecule has 0 bridgehead atoms. The van der Waals surface area contributed by atoms with Gasteiger partial charge in [0.25, 0.3) is 11.8 Å². The molecule has 2 amide bonds. The minimum Gasteiger partial charge on any atom is -0.490 e. The fourth-order valence-corrected chi connectivity index (χ4v) is 2.73. The predicted molar refractivity (Wildman–Crippen MR) is 83.9 cm³/mol. The van der Waals surface area contributed by atoms with E-state index in [-0.39, 0.29) is 6.10 Å². The van der Waals surface area contributed by atoms with E-state index in [4.69, 9.17) is 16.2 Å². The second-order valence-electron chi connectivity index (χ2n) is 5.36. The molecule has 0 aromatic heterocycles. The smallest absolute Gasteiger partial charge is 0.262 e. The third kappa shape index (κ3) is 2.17. The van der Waals surface area contributed by atoms with Crippen LogP contribution < -0.4 is 21.5 Å². The number of hydrogen-bond donors (Lipinski definition) is 3. The minimum atomic E-state index is -0.469.